The molecule has 58 heavy (non-hydrogen) atoms. The van der Waals surface area contributed by atoms with E-state index in [0.717, 1.165) is 18.2 Å². The number of halogens is 4. The molecule has 0 unspecified atom stereocenters. The second-order valence-corrected chi connectivity index (χ2v) is 11.5. The fourth-order valence-corrected chi connectivity index (χ4v) is 4.74. The van der Waals surface area contributed by atoms with Crippen molar-refractivity contribution in [3.63, 3.8) is 0 Å². The Morgan fingerprint density at radius 1 is 0.483 bits per heavy atom. The minimum absolute atomic E-state index is 0.0324. The molecule has 6 rings (SSSR count). The van der Waals surface area contributed by atoms with Crippen LogP contribution in [0.15, 0.2) is 122 Å². The number of ether oxygens (including phenoxy) is 2. The van der Waals surface area contributed by atoms with Crippen molar-refractivity contribution in [3.8, 4) is 23.0 Å². The zero-order valence-electron chi connectivity index (χ0n) is 30.4. The first-order chi connectivity index (χ1) is 27.9. The van der Waals surface area contributed by atoms with Crippen LogP contribution < -0.4 is 41.4 Å². The Balaban J connectivity index is 0.000000221. The van der Waals surface area contributed by atoms with Gasteiger partial charge in [0.15, 0.2) is 0 Å². The zero-order valence-corrected chi connectivity index (χ0v) is 30.4. The van der Waals surface area contributed by atoms with Gasteiger partial charge >= 0.3 is 12.1 Å². The van der Waals surface area contributed by atoms with Crippen LogP contribution in [-0.2, 0) is 0 Å². The van der Waals surface area contributed by atoms with E-state index in [1.807, 2.05) is 0 Å². The van der Waals surface area contributed by atoms with Gasteiger partial charge in [0.1, 0.15) is 57.7 Å². The summed E-state index contributed by atoms with van der Waals surface area (Å²) in [7, 11) is 2.95. The predicted octanol–water partition coefficient (Wildman–Crippen LogP) is 8.31. The number of nitrogens with one attached hydrogen (secondary N) is 6. The van der Waals surface area contributed by atoms with Crippen molar-refractivity contribution < 1.29 is 46.2 Å². The van der Waals surface area contributed by atoms with Crippen molar-refractivity contribution in [2.75, 3.05) is 35.4 Å². The number of carbonyl (C=O) groups is 4. The zero-order chi connectivity index (χ0) is 41.6. The van der Waals surface area contributed by atoms with E-state index in [0.29, 0.717) is 5.75 Å². The molecule has 0 aliphatic carbocycles. The average molecular weight is 797 g/mol. The molecule has 2 aromatic heterocycles. The molecule has 0 fully saturated rings. The molecule has 0 spiro atoms. The monoisotopic (exact) mass is 796 g/mol. The number of carbonyl (C=O) groups excluding carboxylic acids is 4. The van der Waals surface area contributed by atoms with E-state index >= 15 is 0 Å². The van der Waals surface area contributed by atoms with Crippen LogP contribution in [0, 0.1) is 23.3 Å². The normalized spacial score (nSPS) is 10.2. The molecule has 6 amide bonds. The third kappa shape index (κ3) is 11.7. The highest BCUT2D eigenvalue weighted by Gasteiger charge is 2.14. The number of urea groups is 2. The molecular weight excluding hydrogens is 764 g/mol. The van der Waals surface area contributed by atoms with Crippen LogP contribution in [0.3, 0.4) is 0 Å². The Morgan fingerprint density at radius 3 is 1.41 bits per heavy atom. The largest absolute Gasteiger partial charge is 0.457 e. The molecule has 0 aliphatic rings. The summed E-state index contributed by atoms with van der Waals surface area (Å²) in [5.41, 5.74) is 0.285. The van der Waals surface area contributed by atoms with Crippen molar-refractivity contribution in [3.05, 3.63) is 156 Å². The highest BCUT2D eigenvalue weighted by molar-refractivity contribution is 6.00. The number of anilines is 4. The number of hydrogen-bond donors (Lipinski definition) is 6. The van der Waals surface area contributed by atoms with Gasteiger partial charge in [0.25, 0.3) is 11.8 Å². The van der Waals surface area contributed by atoms with Gasteiger partial charge in [0, 0.05) is 56.4 Å². The molecule has 0 radical (unpaired) electrons. The molecule has 0 atom stereocenters. The van der Waals surface area contributed by atoms with Gasteiger partial charge in [-0.25, -0.2) is 27.2 Å². The molecule has 0 saturated heterocycles. The van der Waals surface area contributed by atoms with Gasteiger partial charge in [0.05, 0.1) is 17.1 Å². The number of rotatable bonds is 10. The summed E-state index contributed by atoms with van der Waals surface area (Å²) in [5, 5.41) is 14.2. The Morgan fingerprint density at radius 2 is 0.948 bits per heavy atom. The summed E-state index contributed by atoms with van der Waals surface area (Å²) in [6.45, 7) is 0. The topological polar surface area (TPSA) is 185 Å². The standard InChI is InChI=1S/2C20H16F2N4O3/c1-23-19(27)18-11-15(7-8-24-18)29-14-5-6-17(16(22)10-14)26-20(28)25-13-4-2-3-12(21)9-13;1-23-19(27)18-11-13(8-9-24-18)29-12-6-7-17(15(22)10-12)26-20(28)25-16-5-3-2-4-14(16)21/h2*2-11H,1H3,(H,23,27)(H2,25,26,28). The molecule has 6 N–H and O–H groups in total. The number of pyridine rings is 2. The molecule has 0 saturated carbocycles. The fourth-order valence-electron chi connectivity index (χ4n) is 4.74. The third-order valence-electron chi connectivity index (χ3n) is 7.44. The van der Waals surface area contributed by atoms with Gasteiger partial charge in [0.2, 0.25) is 0 Å². The molecular formula is C40H32F4N8O6. The fraction of sp³-hybridized carbons (Fsp3) is 0.0500. The molecule has 18 heteroatoms. The van der Waals surface area contributed by atoms with E-state index in [4.69, 9.17) is 9.47 Å². The summed E-state index contributed by atoms with van der Waals surface area (Å²) in [6, 6.07) is 22.9. The maximum absolute atomic E-state index is 14.3. The van der Waals surface area contributed by atoms with Crippen LogP contribution in [0.4, 0.5) is 49.9 Å². The van der Waals surface area contributed by atoms with Gasteiger partial charge in [-0.3, -0.25) is 19.6 Å². The smallest absolute Gasteiger partial charge is 0.323 e. The van der Waals surface area contributed by atoms with E-state index in [-0.39, 0.29) is 63.2 Å². The van der Waals surface area contributed by atoms with Gasteiger partial charge in [-0.05, 0) is 66.7 Å². The number of para-hydroxylation sites is 1. The van der Waals surface area contributed by atoms with Gasteiger partial charge in [-0.1, -0.05) is 18.2 Å². The predicted molar refractivity (Wildman–Crippen MR) is 206 cm³/mol. The van der Waals surface area contributed by atoms with Crippen LogP contribution in [0.25, 0.3) is 0 Å². The van der Waals surface area contributed by atoms with Crippen molar-refractivity contribution in [1.82, 2.24) is 20.6 Å². The Bertz CT molecular complexity index is 2460. The second-order valence-electron chi connectivity index (χ2n) is 11.5. The number of hydrogen-bond acceptors (Lipinski definition) is 8. The quantitative estimate of drug-likeness (QED) is 0.0748. The lowest BCUT2D eigenvalue weighted by molar-refractivity contribution is 0.0950. The minimum atomic E-state index is -0.799. The Hall–Kier alpha value is -8.02. The highest BCUT2D eigenvalue weighted by atomic mass is 19.1. The lowest BCUT2D eigenvalue weighted by Crippen LogP contribution is -2.20. The van der Waals surface area contributed by atoms with Crippen LogP contribution >= 0.6 is 0 Å². The minimum Gasteiger partial charge on any atom is -0.457 e. The van der Waals surface area contributed by atoms with Crippen molar-refractivity contribution in [1.29, 1.82) is 0 Å². The second kappa shape index (κ2) is 19.5. The molecule has 0 aliphatic heterocycles. The van der Waals surface area contributed by atoms with E-state index in [1.165, 1.54) is 111 Å². The van der Waals surface area contributed by atoms with E-state index < -0.39 is 35.3 Å². The lowest BCUT2D eigenvalue weighted by atomic mass is 10.2. The maximum atomic E-state index is 14.3. The molecule has 4 aromatic carbocycles. The lowest BCUT2D eigenvalue weighted by Gasteiger charge is -2.11. The summed E-state index contributed by atoms with van der Waals surface area (Å²) in [4.78, 5) is 55.0. The summed E-state index contributed by atoms with van der Waals surface area (Å²) in [6.07, 6.45) is 2.78. The van der Waals surface area contributed by atoms with Crippen LogP contribution in [0.1, 0.15) is 21.0 Å². The molecule has 6 aromatic rings. The number of amides is 6. The Labute approximate surface area is 327 Å². The SMILES string of the molecule is CNC(=O)c1cc(Oc2ccc(NC(=O)Nc3cccc(F)c3)c(F)c2)ccn1.CNC(=O)c1cc(Oc2ccc(NC(=O)Nc3ccccc3F)c(F)c2)ccn1. The first-order valence-corrected chi connectivity index (χ1v) is 16.9. The van der Waals surface area contributed by atoms with Crippen LogP contribution in [0.2, 0.25) is 0 Å². The summed E-state index contributed by atoms with van der Waals surface area (Å²) < 4.78 is 66.4. The van der Waals surface area contributed by atoms with E-state index in [2.05, 4.69) is 41.9 Å². The third-order valence-corrected chi connectivity index (χ3v) is 7.44. The van der Waals surface area contributed by atoms with Crippen LogP contribution in [0.5, 0.6) is 23.0 Å². The van der Waals surface area contributed by atoms with Crippen LogP contribution in [-0.4, -0.2) is 47.9 Å². The molecule has 296 valence electrons. The van der Waals surface area contributed by atoms with Crippen molar-refractivity contribution >= 4 is 46.6 Å². The molecule has 2 heterocycles. The van der Waals surface area contributed by atoms with E-state index in [9.17, 15) is 36.7 Å². The van der Waals surface area contributed by atoms with Crippen molar-refractivity contribution in [2.45, 2.75) is 0 Å². The maximum Gasteiger partial charge on any atom is 0.323 e. The van der Waals surface area contributed by atoms with Gasteiger partial charge in [-0.15, -0.1) is 0 Å². The molecule has 14 nitrogen and oxygen atoms in total. The van der Waals surface area contributed by atoms with Gasteiger partial charge < -0.3 is 41.4 Å². The first-order valence-electron chi connectivity index (χ1n) is 16.9. The number of benzene rings is 4. The first kappa shape index (κ1) is 41.1. The van der Waals surface area contributed by atoms with Gasteiger partial charge in [-0.2, -0.15) is 0 Å². The average Bonchev–Trinajstić information content (AvgIpc) is 3.20. The number of aromatic nitrogens is 2. The molecule has 0 bridgehead atoms. The highest BCUT2D eigenvalue weighted by Crippen LogP contribution is 2.28. The van der Waals surface area contributed by atoms with E-state index in [1.54, 1.807) is 6.07 Å². The summed E-state index contributed by atoms with van der Waals surface area (Å²) >= 11 is 0. The van der Waals surface area contributed by atoms with Crippen molar-refractivity contribution in [2.24, 2.45) is 0 Å². The Kier molecular flexibility index (Phi) is 13.9. The summed E-state index contributed by atoms with van der Waals surface area (Å²) in [5.74, 6) is -2.49. The number of nitrogens with zero attached hydrogens (tertiary/aromatic N) is 2.